The summed E-state index contributed by atoms with van der Waals surface area (Å²) >= 11 is 0. The Labute approximate surface area is 395 Å². The van der Waals surface area contributed by atoms with Gasteiger partial charge in [-0.1, -0.05) is 180 Å². The first-order valence-electron chi connectivity index (χ1n) is 23.2. The van der Waals surface area contributed by atoms with Crippen LogP contribution in [0.25, 0.3) is 102 Å². The highest BCUT2D eigenvalue weighted by atomic mass is 15.2. The summed E-state index contributed by atoms with van der Waals surface area (Å²) in [6, 6.07) is 34.0. The molecule has 0 aliphatic carbocycles. The van der Waals surface area contributed by atoms with Crippen LogP contribution in [0.4, 0.5) is 0 Å². The van der Waals surface area contributed by atoms with Crippen LogP contribution in [0.5, 0.6) is 0 Å². The highest BCUT2D eigenvalue weighted by molar-refractivity contribution is 5.95. The normalized spacial score (nSPS) is 13.0. The summed E-state index contributed by atoms with van der Waals surface area (Å²) in [5.74, 6) is 0. The lowest BCUT2D eigenvalue weighted by Crippen LogP contribution is -2.10. The van der Waals surface area contributed by atoms with Crippen molar-refractivity contribution in [2.24, 2.45) is 0 Å². The van der Waals surface area contributed by atoms with Gasteiger partial charge in [-0.15, -0.1) is 0 Å². The third kappa shape index (κ3) is 7.30. The number of aromatic nitrogens is 12. The zero-order valence-electron chi connectivity index (χ0n) is 40.8. The maximum absolute atomic E-state index is 5.37. The van der Waals surface area contributed by atoms with Gasteiger partial charge in [-0.2, -0.15) is 0 Å². The summed E-state index contributed by atoms with van der Waals surface area (Å²) in [5.41, 5.74) is 15.9. The van der Waals surface area contributed by atoms with Gasteiger partial charge in [-0.25, -0.2) is 49.8 Å². The lowest BCUT2D eigenvalue weighted by atomic mass is 9.86. The number of imidazole rings is 2. The van der Waals surface area contributed by atoms with E-state index in [4.69, 9.17) is 49.8 Å². The standard InChI is InChI=1S/C56H54N12/c1-53(2,3)35-21-13-31(14-22-35)39-29-57-43-49(59-39)67-47(63-43)41(33-17-25-37(26-18-33)55(7,8)9)61-45-51(67)65-46-52(66-45)68-48(42(62-46)34-19-27-38(28-20-34)56(10,11)12)64-44-50(68)60-40(30-58-44)32-15-23-36(24-16-32)54(4,5)6/h13-30H,1-12H3. The van der Waals surface area contributed by atoms with Gasteiger partial charge < -0.3 is 0 Å². The Morgan fingerprint density at radius 2 is 0.544 bits per heavy atom. The van der Waals surface area contributed by atoms with Crippen molar-refractivity contribution in [1.29, 1.82) is 0 Å². The van der Waals surface area contributed by atoms with Crippen molar-refractivity contribution in [3.8, 4) is 45.0 Å². The molecule has 0 atom stereocenters. The molecule has 0 unspecified atom stereocenters. The van der Waals surface area contributed by atoms with E-state index in [2.05, 4.69) is 180 Å². The molecule has 0 aliphatic rings. The van der Waals surface area contributed by atoms with Crippen LogP contribution in [0, 0.1) is 0 Å². The average molecular weight is 895 g/mol. The summed E-state index contributed by atoms with van der Waals surface area (Å²) in [6.45, 7) is 26.5. The average Bonchev–Trinajstić information content (AvgIpc) is 3.89. The van der Waals surface area contributed by atoms with E-state index in [1.165, 1.54) is 22.3 Å². The topological polar surface area (TPSA) is 138 Å². The first-order chi connectivity index (χ1) is 32.2. The zero-order valence-corrected chi connectivity index (χ0v) is 40.8. The van der Waals surface area contributed by atoms with Crippen molar-refractivity contribution in [3.05, 3.63) is 132 Å². The van der Waals surface area contributed by atoms with Gasteiger partial charge in [0.05, 0.1) is 23.8 Å². The molecule has 68 heavy (non-hydrogen) atoms. The van der Waals surface area contributed by atoms with Gasteiger partial charge >= 0.3 is 0 Å². The van der Waals surface area contributed by atoms with Crippen molar-refractivity contribution in [1.82, 2.24) is 58.6 Å². The lowest BCUT2D eigenvalue weighted by molar-refractivity contribution is 0.590. The number of fused-ring (bicyclic) bond motifs is 10. The molecule has 7 aromatic heterocycles. The van der Waals surface area contributed by atoms with E-state index in [-0.39, 0.29) is 21.7 Å². The van der Waals surface area contributed by atoms with E-state index in [9.17, 15) is 0 Å². The second-order valence-corrected chi connectivity index (χ2v) is 22.1. The fourth-order valence-electron chi connectivity index (χ4n) is 8.79. The Morgan fingerprint density at radius 3 is 0.838 bits per heavy atom. The molecule has 0 saturated heterocycles. The van der Waals surface area contributed by atoms with Crippen LogP contribution in [0.1, 0.15) is 105 Å². The van der Waals surface area contributed by atoms with Crippen molar-refractivity contribution >= 4 is 56.5 Å². The molecule has 0 saturated carbocycles. The molecule has 7 heterocycles. The molecule has 12 nitrogen and oxygen atoms in total. The van der Waals surface area contributed by atoms with Crippen molar-refractivity contribution < 1.29 is 0 Å². The minimum Gasteiger partial charge on any atom is -0.254 e. The fourth-order valence-corrected chi connectivity index (χ4v) is 8.79. The van der Waals surface area contributed by atoms with Gasteiger partial charge in [-0.05, 0) is 43.9 Å². The zero-order chi connectivity index (χ0) is 47.7. The minimum absolute atomic E-state index is 0.0102. The van der Waals surface area contributed by atoms with E-state index in [0.717, 1.165) is 22.3 Å². The molecule has 0 N–H and O–H groups in total. The van der Waals surface area contributed by atoms with Gasteiger partial charge in [0, 0.05) is 22.3 Å². The molecule has 11 aromatic rings. The van der Waals surface area contributed by atoms with Crippen LogP contribution in [0.15, 0.2) is 109 Å². The second kappa shape index (κ2) is 15.0. The molecule has 338 valence electrons. The smallest absolute Gasteiger partial charge is 0.199 e. The summed E-state index contributed by atoms with van der Waals surface area (Å²) in [7, 11) is 0. The molecule has 0 bridgehead atoms. The second-order valence-electron chi connectivity index (χ2n) is 22.1. The molecule has 0 amide bonds. The SMILES string of the molecule is CC(C)(C)c1ccc(-c2cnc3nc4c(-c5ccc(C(C)(C)C)cc5)nc5nc6c(nc(-c7ccc(C(C)(C)C)cc7)c7nc8ncc(-c9ccc(C(C)(C)C)cc9)nc8n76)nc5n4c3n2)cc1. The van der Waals surface area contributed by atoms with E-state index in [1.54, 1.807) is 12.4 Å². The Balaban J connectivity index is 1.21. The Morgan fingerprint density at radius 1 is 0.279 bits per heavy atom. The minimum atomic E-state index is -0.0373. The Kier molecular flexibility index (Phi) is 9.46. The van der Waals surface area contributed by atoms with Crippen LogP contribution in [0.2, 0.25) is 0 Å². The number of nitrogens with zero attached hydrogens (tertiary/aromatic N) is 12. The van der Waals surface area contributed by atoms with Crippen molar-refractivity contribution in [3.63, 3.8) is 0 Å². The van der Waals surface area contributed by atoms with Gasteiger partial charge in [0.15, 0.2) is 56.5 Å². The lowest BCUT2D eigenvalue weighted by Gasteiger charge is -2.19. The fraction of sp³-hybridized carbons (Fsp3) is 0.286. The molecular formula is C56H54N12. The molecule has 0 aliphatic heterocycles. The van der Waals surface area contributed by atoms with Crippen LogP contribution in [-0.4, -0.2) is 58.6 Å². The Hall–Kier alpha value is -7.60. The third-order valence-corrected chi connectivity index (χ3v) is 13.0. The van der Waals surface area contributed by atoms with E-state index < -0.39 is 0 Å². The number of hydrogen-bond donors (Lipinski definition) is 0. The summed E-state index contributed by atoms with van der Waals surface area (Å²) in [5, 5.41) is 0. The van der Waals surface area contributed by atoms with Gasteiger partial charge in [0.1, 0.15) is 11.4 Å². The van der Waals surface area contributed by atoms with Crippen LogP contribution >= 0.6 is 0 Å². The third-order valence-electron chi connectivity index (χ3n) is 13.0. The number of hydrogen-bond acceptors (Lipinski definition) is 10. The Bertz CT molecular complexity index is 3530. The molecule has 12 heteroatoms. The van der Waals surface area contributed by atoms with Gasteiger partial charge in [0.25, 0.3) is 0 Å². The summed E-state index contributed by atoms with van der Waals surface area (Å²) in [4.78, 5) is 51.9. The molecule has 0 radical (unpaired) electrons. The van der Waals surface area contributed by atoms with Crippen molar-refractivity contribution in [2.45, 2.75) is 105 Å². The van der Waals surface area contributed by atoms with Crippen LogP contribution in [0.3, 0.4) is 0 Å². The van der Waals surface area contributed by atoms with Crippen LogP contribution < -0.4 is 0 Å². The van der Waals surface area contributed by atoms with E-state index in [1.807, 2.05) is 8.80 Å². The van der Waals surface area contributed by atoms with Crippen LogP contribution in [-0.2, 0) is 21.7 Å². The maximum Gasteiger partial charge on any atom is 0.199 e. The largest absolute Gasteiger partial charge is 0.254 e. The summed E-state index contributed by atoms with van der Waals surface area (Å²) < 4.78 is 3.87. The predicted octanol–water partition coefficient (Wildman–Crippen LogP) is 12.6. The number of benzene rings is 4. The highest BCUT2D eigenvalue weighted by Gasteiger charge is 2.26. The summed E-state index contributed by atoms with van der Waals surface area (Å²) in [6.07, 6.45) is 3.56. The quantitative estimate of drug-likeness (QED) is 0.157. The molecule has 11 rings (SSSR count). The molecule has 4 aromatic carbocycles. The van der Waals surface area contributed by atoms with Gasteiger partial charge in [0.2, 0.25) is 0 Å². The van der Waals surface area contributed by atoms with Crippen molar-refractivity contribution in [2.75, 3.05) is 0 Å². The van der Waals surface area contributed by atoms with E-state index in [0.29, 0.717) is 79.2 Å². The van der Waals surface area contributed by atoms with Gasteiger partial charge in [-0.3, -0.25) is 8.80 Å². The molecule has 0 spiro atoms. The van der Waals surface area contributed by atoms with E-state index >= 15 is 0 Å². The highest BCUT2D eigenvalue weighted by Crippen LogP contribution is 2.36. The monoisotopic (exact) mass is 894 g/mol. The molecular weight excluding hydrogens is 841 g/mol. The predicted molar refractivity (Wildman–Crippen MR) is 273 cm³/mol. The molecule has 0 fully saturated rings. The maximum atomic E-state index is 5.37. The first-order valence-corrected chi connectivity index (χ1v) is 23.2. The first kappa shape index (κ1) is 43.0. The number of rotatable bonds is 4.